The minimum absolute atomic E-state index is 0.202. The fourth-order valence-electron chi connectivity index (χ4n) is 3.61. The summed E-state index contributed by atoms with van der Waals surface area (Å²) in [6, 6.07) is 13.7. The monoisotopic (exact) mass is 524 g/mol. The lowest BCUT2D eigenvalue weighted by molar-refractivity contribution is 0.0733. The van der Waals surface area contributed by atoms with E-state index in [1.54, 1.807) is 19.1 Å². The van der Waals surface area contributed by atoms with Gasteiger partial charge in [0.05, 0.1) is 32.5 Å². The van der Waals surface area contributed by atoms with Crippen LogP contribution >= 0.6 is 15.9 Å². The second kappa shape index (κ2) is 9.61. The van der Waals surface area contributed by atoms with E-state index in [0.717, 1.165) is 10.0 Å². The second-order valence-corrected chi connectivity index (χ2v) is 8.32. The maximum Gasteiger partial charge on any atom is 0.343 e. The summed E-state index contributed by atoms with van der Waals surface area (Å²) in [6.45, 7) is 1.76. The molecule has 0 atom stereocenters. The molecule has 34 heavy (non-hydrogen) atoms. The molecule has 174 valence electrons. The van der Waals surface area contributed by atoms with Gasteiger partial charge in [-0.3, -0.25) is 4.79 Å². The molecule has 0 bridgehead atoms. The molecule has 0 saturated heterocycles. The number of hydrogen-bond donors (Lipinski definition) is 0. The van der Waals surface area contributed by atoms with Gasteiger partial charge >= 0.3 is 5.97 Å². The standard InChI is InChI=1S/C26H21BrO7/c1-14-9-18(33-26(29)16-11-21(30-2)25(32-4)22(12-16)31-3)13-19-23(14)24(28)20(34-19)10-15-5-7-17(27)8-6-15/h5-13H,1-4H3/b20-10-. The third kappa shape index (κ3) is 4.49. The fourth-order valence-corrected chi connectivity index (χ4v) is 3.88. The highest BCUT2D eigenvalue weighted by atomic mass is 79.9. The van der Waals surface area contributed by atoms with E-state index in [1.807, 2.05) is 24.3 Å². The summed E-state index contributed by atoms with van der Waals surface area (Å²) in [5.41, 5.74) is 2.11. The van der Waals surface area contributed by atoms with E-state index in [2.05, 4.69) is 15.9 Å². The molecular weight excluding hydrogens is 504 g/mol. The van der Waals surface area contributed by atoms with Crippen molar-refractivity contribution in [2.75, 3.05) is 21.3 Å². The lowest BCUT2D eigenvalue weighted by Gasteiger charge is -2.14. The Bertz CT molecular complexity index is 1280. The van der Waals surface area contributed by atoms with Crippen molar-refractivity contribution >= 4 is 33.8 Å². The largest absolute Gasteiger partial charge is 0.493 e. The number of Topliss-reactive ketones (excluding diaryl/α,β-unsaturated/α-hetero) is 1. The average molecular weight is 525 g/mol. The summed E-state index contributed by atoms with van der Waals surface area (Å²) in [5.74, 6) is 0.951. The van der Waals surface area contributed by atoms with E-state index in [9.17, 15) is 9.59 Å². The Morgan fingerprint density at radius 1 is 0.941 bits per heavy atom. The van der Waals surface area contributed by atoms with E-state index >= 15 is 0 Å². The zero-order valence-electron chi connectivity index (χ0n) is 18.9. The minimum atomic E-state index is -0.631. The molecule has 0 N–H and O–H groups in total. The number of halogens is 1. The van der Waals surface area contributed by atoms with Crippen LogP contribution in [0.4, 0.5) is 0 Å². The molecule has 0 radical (unpaired) electrons. The summed E-state index contributed by atoms with van der Waals surface area (Å²) < 4.78 is 28.2. The number of hydrogen-bond acceptors (Lipinski definition) is 7. The quantitative estimate of drug-likeness (QED) is 0.235. The van der Waals surface area contributed by atoms with E-state index in [-0.39, 0.29) is 22.9 Å². The van der Waals surface area contributed by atoms with Crippen molar-refractivity contribution in [2.45, 2.75) is 6.92 Å². The van der Waals surface area contributed by atoms with Crippen molar-refractivity contribution in [3.63, 3.8) is 0 Å². The highest BCUT2D eigenvalue weighted by molar-refractivity contribution is 9.10. The zero-order valence-corrected chi connectivity index (χ0v) is 20.5. The van der Waals surface area contributed by atoms with Crippen LogP contribution < -0.4 is 23.7 Å². The lowest BCUT2D eigenvalue weighted by Crippen LogP contribution is -2.10. The fraction of sp³-hybridized carbons (Fsp3) is 0.154. The number of fused-ring (bicyclic) bond motifs is 1. The van der Waals surface area contributed by atoms with Crippen molar-refractivity contribution in [3.8, 4) is 28.7 Å². The van der Waals surface area contributed by atoms with Gasteiger partial charge in [-0.15, -0.1) is 0 Å². The van der Waals surface area contributed by atoms with Crippen LogP contribution in [0, 0.1) is 6.92 Å². The Kier molecular flexibility index (Phi) is 6.61. The number of ether oxygens (including phenoxy) is 5. The second-order valence-electron chi connectivity index (χ2n) is 7.41. The predicted molar refractivity (Wildman–Crippen MR) is 129 cm³/mol. The SMILES string of the molecule is COc1cc(C(=O)Oc2cc(C)c3c(c2)O/C(=C\c2ccc(Br)cc2)C3=O)cc(OC)c1OC. The van der Waals surface area contributed by atoms with Crippen molar-refractivity contribution in [2.24, 2.45) is 0 Å². The van der Waals surface area contributed by atoms with E-state index in [1.165, 1.54) is 39.5 Å². The molecule has 3 aromatic carbocycles. The molecule has 1 heterocycles. The van der Waals surface area contributed by atoms with Gasteiger partial charge in [0.15, 0.2) is 17.3 Å². The first-order chi connectivity index (χ1) is 16.3. The van der Waals surface area contributed by atoms with Gasteiger partial charge in [0.2, 0.25) is 11.5 Å². The number of carbonyl (C=O) groups is 2. The van der Waals surface area contributed by atoms with Gasteiger partial charge in [0.25, 0.3) is 0 Å². The number of ketones is 1. The molecule has 0 fully saturated rings. The van der Waals surface area contributed by atoms with Gasteiger partial charge in [-0.05, 0) is 54.5 Å². The first kappa shape index (κ1) is 23.4. The maximum atomic E-state index is 12.9. The number of carbonyl (C=O) groups excluding carboxylic acids is 2. The average Bonchev–Trinajstić information content (AvgIpc) is 3.14. The number of methoxy groups -OCH3 is 3. The topological polar surface area (TPSA) is 80.3 Å². The van der Waals surface area contributed by atoms with E-state index < -0.39 is 5.97 Å². The number of aryl methyl sites for hydroxylation is 1. The summed E-state index contributed by atoms with van der Waals surface area (Å²) in [6.07, 6.45) is 1.68. The van der Waals surface area contributed by atoms with Crippen LogP contribution in [0.5, 0.6) is 28.7 Å². The smallest absolute Gasteiger partial charge is 0.343 e. The first-order valence-corrected chi connectivity index (χ1v) is 11.0. The highest BCUT2D eigenvalue weighted by Gasteiger charge is 2.30. The molecule has 0 amide bonds. The van der Waals surface area contributed by atoms with Gasteiger partial charge in [-0.25, -0.2) is 4.79 Å². The molecule has 0 spiro atoms. The summed E-state index contributed by atoms with van der Waals surface area (Å²) in [7, 11) is 4.40. The lowest BCUT2D eigenvalue weighted by atomic mass is 10.0. The van der Waals surface area contributed by atoms with Crippen LogP contribution in [0.25, 0.3) is 6.08 Å². The molecule has 1 aliphatic heterocycles. The van der Waals surface area contributed by atoms with Crippen LogP contribution in [0.2, 0.25) is 0 Å². The molecule has 0 saturated carbocycles. The zero-order chi connectivity index (χ0) is 24.4. The summed E-state index contributed by atoms with van der Waals surface area (Å²) >= 11 is 3.39. The third-order valence-corrected chi connectivity index (χ3v) is 5.75. The molecule has 0 aliphatic carbocycles. The van der Waals surface area contributed by atoms with E-state index in [0.29, 0.717) is 34.1 Å². The number of benzene rings is 3. The normalized spacial score (nSPS) is 13.3. The van der Waals surface area contributed by atoms with Gasteiger partial charge in [0, 0.05) is 10.5 Å². The van der Waals surface area contributed by atoms with Gasteiger partial charge in [-0.2, -0.15) is 0 Å². The first-order valence-electron chi connectivity index (χ1n) is 10.2. The third-order valence-electron chi connectivity index (χ3n) is 5.22. The molecule has 4 rings (SSSR count). The minimum Gasteiger partial charge on any atom is -0.493 e. The Hall–Kier alpha value is -3.78. The van der Waals surface area contributed by atoms with Crippen LogP contribution in [0.15, 0.2) is 58.8 Å². The molecular formula is C26H21BrO7. The van der Waals surface area contributed by atoms with Crippen LogP contribution in [-0.2, 0) is 0 Å². The summed E-state index contributed by atoms with van der Waals surface area (Å²) in [4.78, 5) is 25.8. The number of esters is 1. The van der Waals surface area contributed by atoms with Gasteiger partial charge < -0.3 is 23.7 Å². The van der Waals surface area contributed by atoms with Crippen LogP contribution in [0.3, 0.4) is 0 Å². The number of allylic oxidation sites excluding steroid dienone is 1. The van der Waals surface area contributed by atoms with Crippen molar-refractivity contribution in [3.05, 3.63) is 81.0 Å². The Balaban J connectivity index is 1.61. The molecule has 3 aromatic rings. The van der Waals surface area contributed by atoms with E-state index in [4.69, 9.17) is 23.7 Å². The molecule has 8 heteroatoms. The number of rotatable bonds is 6. The Labute approximate surface area is 205 Å². The molecule has 1 aliphatic rings. The molecule has 0 aromatic heterocycles. The Morgan fingerprint density at radius 3 is 2.18 bits per heavy atom. The van der Waals surface area contributed by atoms with Crippen LogP contribution in [-0.4, -0.2) is 33.1 Å². The summed E-state index contributed by atoms with van der Waals surface area (Å²) in [5, 5.41) is 0. The van der Waals surface area contributed by atoms with Gasteiger partial charge in [-0.1, -0.05) is 28.1 Å². The maximum absolute atomic E-state index is 12.9. The van der Waals surface area contributed by atoms with Crippen molar-refractivity contribution in [1.82, 2.24) is 0 Å². The molecule has 7 nitrogen and oxygen atoms in total. The van der Waals surface area contributed by atoms with Gasteiger partial charge in [0.1, 0.15) is 11.5 Å². The predicted octanol–water partition coefficient (Wildman–Crippen LogP) is 5.62. The van der Waals surface area contributed by atoms with Crippen LogP contribution in [0.1, 0.15) is 31.8 Å². The highest BCUT2D eigenvalue weighted by Crippen LogP contribution is 2.40. The van der Waals surface area contributed by atoms with Crippen molar-refractivity contribution in [1.29, 1.82) is 0 Å². The van der Waals surface area contributed by atoms with Crippen molar-refractivity contribution < 1.29 is 33.3 Å². The Morgan fingerprint density at radius 2 is 1.59 bits per heavy atom. The molecule has 0 unspecified atom stereocenters.